The van der Waals surface area contributed by atoms with Crippen molar-refractivity contribution in [1.29, 1.82) is 0 Å². The highest BCUT2D eigenvalue weighted by Gasteiger charge is 2.56. The number of fused-ring (bicyclic) bond motifs is 3. The molecule has 2 aliphatic heterocycles. The second kappa shape index (κ2) is 3.65. The first-order valence-electron chi connectivity index (χ1n) is 5.89. The van der Waals surface area contributed by atoms with Crippen molar-refractivity contribution < 1.29 is 23.4 Å². The fraction of sp³-hybridized carbons (Fsp3) is 0.538. The van der Waals surface area contributed by atoms with Crippen LogP contribution in [0.15, 0.2) is 12.1 Å². The Labute approximate surface area is 103 Å². The largest absolute Gasteiger partial charge is 0.487 e. The molecule has 0 amide bonds. The zero-order chi connectivity index (χ0) is 13.0. The molecule has 0 saturated carbocycles. The van der Waals surface area contributed by atoms with E-state index in [0.717, 1.165) is 12.1 Å². The molecule has 0 radical (unpaired) electrons. The molecule has 1 aromatic rings. The molecular weight excluding hydrogens is 242 g/mol. The monoisotopic (exact) mass is 256 g/mol. The third-order valence-corrected chi connectivity index (χ3v) is 4.18. The average Bonchev–Trinajstić information content (AvgIpc) is 2.34. The van der Waals surface area contributed by atoms with Crippen LogP contribution in [0.2, 0.25) is 0 Å². The van der Waals surface area contributed by atoms with Crippen LogP contribution in [0, 0.1) is 11.6 Å². The Balaban J connectivity index is 2.24. The van der Waals surface area contributed by atoms with Crippen LogP contribution < -0.4 is 4.74 Å². The van der Waals surface area contributed by atoms with E-state index in [-0.39, 0.29) is 24.5 Å². The average molecular weight is 256 g/mol. The summed E-state index contributed by atoms with van der Waals surface area (Å²) in [7, 11) is 0. The molecule has 18 heavy (non-hydrogen) atoms. The summed E-state index contributed by atoms with van der Waals surface area (Å²) in [6.45, 7) is 2.13. The van der Waals surface area contributed by atoms with Gasteiger partial charge in [-0.05, 0) is 18.6 Å². The molecule has 1 fully saturated rings. The van der Waals surface area contributed by atoms with Crippen molar-refractivity contribution in [2.45, 2.75) is 24.4 Å². The molecule has 0 aromatic heterocycles. The molecule has 1 saturated heterocycles. The minimum atomic E-state index is -1.31. The molecule has 2 heterocycles. The van der Waals surface area contributed by atoms with Crippen LogP contribution in [0.5, 0.6) is 5.75 Å². The van der Waals surface area contributed by atoms with Crippen LogP contribution >= 0.6 is 0 Å². The Morgan fingerprint density at radius 3 is 2.72 bits per heavy atom. The minimum Gasteiger partial charge on any atom is -0.487 e. The number of hydrogen-bond acceptors (Lipinski definition) is 3. The number of benzene rings is 1. The van der Waals surface area contributed by atoms with E-state index in [2.05, 4.69) is 0 Å². The standard InChI is InChI=1S/C13H14F2O3/c1-12-4-5-17-6-13(12,16)7-18-11-9(15)3-2-8(14)10(11)12/h2-3,16H,4-7H2,1H3/t12-,13-/m0/s1. The van der Waals surface area contributed by atoms with Gasteiger partial charge in [0.15, 0.2) is 11.6 Å². The number of halogens is 2. The van der Waals surface area contributed by atoms with Gasteiger partial charge >= 0.3 is 0 Å². The van der Waals surface area contributed by atoms with Crippen LogP contribution in [-0.2, 0) is 10.2 Å². The smallest absolute Gasteiger partial charge is 0.165 e. The zero-order valence-electron chi connectivity index (χ0n) is 10.0. The van der Waals surface area contributed by atoms with E-state index in [9.17, 15) is 13.9 Å². The number of aliphatic hydroxyl groups is 1. The van der Waals surface area contributed by atoms with Gasteiger partial charge in [0.2, 0.25) is 0 Å². The normalized spacial score (nSPS) is 34.4. The van der Waals surface area contributed by atoms with E-state index in [1.54, 1.807) is 6.92 Å². The third-order valence-electron chi connectivity index (χ3n) is 4.18. The Morgan fingerprint density at radius 1 is 1.22 bits per heavy atom. The summed E-state index contributed by atoms with van der Waals surface area (Å²) >= 11 is 0. The molecular formula is C13H14F2O3. The molecule has 3 rings (SSSR count). The van der Waals surface area contributed by atoms with E-state index in [0.29, 0.717) is 13.0 Å². The summed E-state index contributed by atoms with van der Waals surface area (Å²) in [4.78, 5) is 0. The highest BCUT2D eigenvalue weighted by atomic mass is 19.1. The van der Waals surface area contributed by atoms with Gasteiger partial charge in [-0.25, -0.2) is 8.78 Å². The maximum atomic E-state index is 14.0. The van der Waals surface area contributed by atoms with E-state index in [4.69, 9.17) is 9.47 Å². The molecule has 0 bridgehead atoms. The Kier molecular flexibility index (Phi) is 2.40. The maximum absolute atomic E-state index is 14.0. The van der Waals surface area contributed by atoms with E-state index < -0.39 is 22.7 Å². The maximum Gasteiger partial charge on any atom is 0.165 e. The lowest BCUT2D eigenvalue weighted by Crippen LogP contribution is -2.62. The highest BCUT2D eigenvalue weighted by molar-refractivity contribution is 5.46. The summed E-state index contributed by atoms with van der Waals surface area (Å²) in [6, 6.07) is 2.12. The number of rotatable bonds is 0. The van der Waals surface area contributed by atoms with Crippen molar-refractivity contribution >= 4 is 0 Å². The van der Waals surface area contributed by atoms with Gasteiger partial charge in [-0.15, -0.1) is 0 Å². The molecule has 2 aliphatic rings. The van der Waals surface area contributed by atoms with Gasteiger partial charge in [0.05, 0.1) is 6.61 Å². The van der Waals surface area contributed by atoms with Gasteiger partial charge in [-0.3, -0.25) is 0 Å². The van der Waals surface area contributed by atoms with Gasteiger partial charge in [0, 0.05) is 17.6 Å². The summed E-state index contributed by atoms with van der Waals surface area (Å²) < 4.78 is 38.2. The van der Waals surface area contributed by atoms with Crippen LogP contribution in [0.3, 0.4) is 0 Å². The highest BCUT2D eigenvalue weighted by Crippen LogP contribution is 2.50. The first-order chi connectivity index (χ1) is 8.48. The predicted octanol–water partition coefficient (Wildman–Crippen LogP) is 1.77. The Morgan fingerprint density at radius 2 is 1.94 bits per heavy atom. The molecule has 1 aromatic carbocycles. The molecule has 2 atom stereocenters. The first-order valence-corrected chi connectivity index (χ1v) is 5.89. The van der Waals surface area contributed by atoms with Gasteiger partial charge in [-0.2, -0.15) is 0 Å². The SMILES string of the molecule is C[C@@]12CCOC[C@]1(O)COc1c(F)ccc(F)c12. The molecule has 0 aliphatic carbocycles. The fourth-order valence-electron chi connectivity index (χ4n) is 2.85. The summed E-state index contributed by atoms with van der Waals surface area (Å²) in [5.41, 5.74) is -2.07. The predicted molar refractivity (Wildman–Crippen MR) is 59.6 cm³/mol. The fourth-order valence-corrected chi connectivity index (χ4v) is 2.85. The molecule has 0 spiro atoms. The Bertz CT molecular complexity index is 505. The molecule has 5 heteroatoms. The van der Waals surface area contributed by atoms with Gasteiger partial charge in [0.25, 0.3) is 0 Å². The Hall–Kier alpha value is -1.20. The lowest BCUT2D eigenvalue weighted by Gasteiger charge is -2.51. The van der Waals surface area contributed by atoms with Crippen molar-refractivity contribution in [2.75, 3.05) is 19.8 Å². The van der Waals surface area contributed by atoms with Gasteiger partial charge in [-0.1, -0.05) is 6.92 Å². The summed E-state index contributed by atoms with van der Waals surface area (Å²) in [6.07, 6.45) is 0.431. The molecule has 1 N–H and O–H groups in total. The lowest BCUT2D eigenvalue weighted by molar-refractivity contribution is -0.164. The number of ether oxygens (including phenoxy) is 2. The van der Waals surface area contributed by atoms with Crippen LogP contribution in [0.4, 0.5) is 8.78 Å². The van der Waals surface area contributed by atoms with Crippen molar-refractivity contribution in [3.8, 4) is 5.75 Å². The summed E-state index contributed by atoms with van der Waals surface area (Å²) in [5, 5.41) is 10.6. The second-order valence-corrected chi connectivity index (χ2v) is 5.19. The van der Waals surface area contributed by atoms with E-state index in [1.165, 1.54) is 0 Å². The molecule has 98 valence electrons. The quantitative estimate of drug-likeness (QED) is 0.768. The minimum absolute atomic E-state index is 0.0683. The van der Waals surface area contributed by atoms with Crippen molar-refractivity contribution in [3.05, 3.63) is 29.3 Å². The summed E-state index contributed by atoms with van der Waals surface area (Å²) in [5.74, 6) is -1.22. The molecule has 0 unspecified atom stereocenters. The zero-order valence-corrected chi connectivity index (χ0v) is 10.0. The van der Waals surface area contributed by atoms with Crippen molar-refractivity contribution in [2.24, 2.45) is 0 Å². The van der Waals surface area contributed by atoms with Crippen LogP contribution in [-0.4, -0.2) is 30.5 Å². The van der Waals surface area contributed by atoms with E-state index in [1.807, 2.05) is 0 Å². The third kappa shape index (κ3) is 1.34. The van der Waals surface area contributed by atoms with Crippen molar-refractivity contribution in [1.82, 2.24) is 0 Å². The van der Waals surface area contributed by atoms with E-state index >= 15 is 0 Å². The lowest BCUT2D eigenvalue weighted by atomic mass is 9.64. The second-order valence-electron chi connectivity index (χ2n) is 5.19. The topological polar surface area (TPSA) is 38.7 Å². The van der Waals surface area contributed by atoms with Crippen molar-refractivity contribution in [3.63, 3.8) is 0 Å². The first kappa shape index (κ1) is 11.9. The van der Waals surface area contributed by atoms with Gasteiger partial charge < -0.3 is 14.6 Å². The number of hydrogen-bond donors (Lipinski definition) is 1. The van der Waals surface area contributed by atoms with Gasteiger partial charge in [0.1, 0.15) is 18.0 Å². The van der Waals surface area contributed by atoms with Crippen LogP contribution in [0.25, 0.3) is 0 Å². The molecule has 3 nitrogen and oxygen atoms in total. The van der Waals surface area contributed by atoms with Crippen LogP contribution in [0.1, 0.15) is 18.9 Å².